The molecule has 5 rings (SSSR count). The lowest BCUT2D eigenvalue weighted by molar-refractivity contribution is 0.308. The third kappa shape index (κ3) is 3.77. The molecule has 0 unspecified atom stereocenters. The highest BCUT2D eigenvalue weighted by Crippen LogP contribution is 2.27. The maximum absolute atomic E-state index is 5.56. The molecule has 140 valence electrons. The fraction of sp³-hybridized carbons (Fsp3) is 0.400. The van der Waals surface area contributed by atoms with E-state index in [4.69, 9.17) is 5.73 Å². The quantitative estimate of drug-likeness (QED) is 0.555. The lowest BCUT2D eigenvalue weighted by Gasteiger charge is -2.22. The van der Waals surface area contributed by atoms with E-state index in [0.29, 0.717) is 5.78 Å². The SMILES string of the molecule is CC1CCC(C)CC1.Nc1ncc2c(-c3cnc4nccn4c3)ccn2n1. The Morgan fingerprint density at radius 1 is 0.963 bits per heavy atom. The van der Waals surface area contributed by atoms with E-state index in [2.05, 4.69) is 33.9 Å². The second-order valence-electron chi connectivity index (χ2n) is 7.52. The van der Waals surface area contributed by atoms with Gasteiger partial charge in [0, 0.05) is 42.1 Å². The number of hydrogen-bond donors (Lipinski definition) is 1. The van der Waals surface area contributed by atoms with Crippen LogP contribution in [0.1, 0.15) is 39.5 Å². The summed E-state index contributed by atoms with van der Waals surface area (Å²) < 4.78 is 3.58. The summed E-state index contributed by atoms with van der Waals surface area (Å²) in [5.41, 5.74) is 8.43. The molecular weight excluding hydrogens is 338 g/mol. The van der Waals surface area contributed by atoms with Gasteiger partial charge in [-0.25, -0.2) is 19.5 Å². The van der Waals surface area contributed by atoms with Crippen LogP contribution < -0.4 is 5.73 Å². The zero-order valence-electron chi connectivity index (χ0n) is 15.8. The van der Waals surface area contributed by atoms with E-state index < -0.39 is 0 Å². The summed E-state index contributed by atoms with van der Waals surface area (Å²) >= 11 is 0. The van der Waals surface area contributed by atoms with E-state index in [9.17, 15) is 0 Å². The number of aromatic nitrogens is 6. The van der Waals surface area contributed by atoms with Gasteiger partial charge < -0.3 is 5.73 Å². The molecule has 0 bridgehead atoms. The predicted octanol–water partition coefficient (Wildman–Crippen LogP) is 3.85. The minimum atomic E-state index is 0.248. The minimum Gasteiger partial charge on any atom is -0.367 e. The molecule has 0 saturated heterocycles. The second-order valence-corrected chi connectivity index (χ2v) is 7.52. The molecule has 1 fully saturated rings. The summed E-state index contributed by atoms with van der Waals surface area (Å²) in [6.45, 7) is 4.73. The molecule has 0 radical (unpaired) electrons. The second kappa shape index (κ2) is 7.34. The van der Waals surface area contributed by atoms with E-state index >= 15 is 0 Å². The fourth-order valence-corrected chi connectivity index (χ4v) is 3.54. The number of hydrogen-bond acceptors (Lipinski definition) is 5. The topological polar surface area (TPSA) is 86.4 Å². The zero-order chi connectivity index (χ0) is 18.8. The van der Waals surface area contributed by atoms with Crippen LogP contribution in [0, 0.1) is 11.8 Å². The van der Waals surface area contributed by atoms with Gasteiger partial charge in [-0.3, -0.25) is 4.40 Å². The van der Waals surface area contributed by atoms with Crippen molar-refractivity contribution in [1.82, 2.24) is 29.0 Å². The number of nitrogens with two attached hydrogens (primary N) is 1. The Balaban J connectivity index is 0.000000190. The standard InChI is InChI=1S/C12H9N7.C8H16/c13-11-15-6-10-9(1-3-19(10)17-11)8-5-16-12-14-2-4-18(12)7-8;1-7-3-5-8(2)6-4-7/h1-7H,(H2,13,17);7-8H,3-6H2,1-2H3. The van der Waals surface area contributed by atoms with Gasteiger partial charge in [0.25, 0.3) is 0 Å². The average Bonchev–Trinajstić information content (AvgIpc) is 3.30. The molecule has 1 saturated carbocycles. The minimum absolute atomic E-state index is 0.248. The van der Waals surface area contributed by atoms with E-state index in [1.807, 2.05) is 29.1 Å². The fourth-order valence-electron chi connectivity index (χ4n) is 3.54. The van der Waals surface area contributed by atoms with E-state index in [0.717, 1.165) is 28.5 Å². The van der Waals surface area contributed by atoms with Crippen molar-refractivity contribution in [2.24, 2.45) is 11.8 Å². The third-order valence-electron chi connectivity index (χ3n) is 5.30. The largest absolute Gasteiger partial charge is 0.367 e. The molecule has 4 aromatic rings. The van der Waals surface area contributed by atoms with Crippen molar-refractivity contribution in [3.8, 4) is 11.1 Å². The molecule has 27 heavy (non-hydrogen) atoms. The van der Waals surface area contributed by atoms with Crippen molar-refractivity contribution in [2.75, 3.05) is 5.73 Å². The van der Waals surface area contributed by atoms with Crippen LogP contribution in [-0.4, -0.2) is 29.0 Å². The van der Waals surface area contributed by atoms with Crippen molar-refractivity contribution < 1.29 is 0 Å². The average molecular weight is 363 g/mol. The molecule has 0 atom stereocenters. The first kappa shape index (κ1) is 17.5. The Kier molecular flexibility index (Phi) is 4.75. The van der Waals surface area contributed by atoms with Crippen LogP contribution in [0.3, 0.4) is 0 Å². The molecule has 4 aromatic heterocycles. The maximum atomic E-state index is 5.56. The third-order valence-corrected chi connectivity index (χ3v) is 5.30. The Morgan fingerprint density at radius 3 is 2.44 bits per heavy atom. The summed E-state index contributed by atoms with van der Waals surface area (Å²) in [5.74, 6) is 2.96. The number of nitrogen functional groups attached to an aromatic ring is 1. The number of nitrogens with zero attached hydrogens (tertiary/aromatic N) is 6. The molecule has 4 heterocycles. The predicted molar refractivity (Wildman–Crippen MR) is 106 cm³/mol. The summed E-state index contributed by atoms with van der Waals surface area (Å²) in [5, 5.41) is 4.12. The lowest BCUT2D eigenvalue weighted by atomic mass is 9.84. The summed E-state index contributed by atoms with van der Waals surface area (Å²) in [4.78, 5) is 12.4. The number of rotatable bonds is 1. The molecule has 1 aliphatic rings. The highest BCUT2D eigenvalue weighted by atomic mass is 15.3. The Morgan fingerprint density at radius 2 is 1.70 bits per heavy atom. The van der Waals surface area contributed by atoms with E-state index in [1.54, 1.807) is 23.1 Å². The van der Waals surface area contributed by atoms with Gasteiger partial charge in [-0.05, 0) is 17.9 Å². The normalized spacial score (nSPS) is 19.8. The van der Waals surface area contributed by atoms with Gasteiger partial charge in [-0.1, -0.05) is 39.5 Å². The molecule has 0 spiro atoms. The number of imidazole rings is 1. The first-order valence-electron chi connectivity index (χ1n) is 9.49. The van der Waals surface area contributed by atoms with Gasteiger partial charge in [0.2, 0.25) is 11.7 Å². The zero-order valence-corrected chi connectivity index (χ0v) is 15.8. The van der Waals surface area contributed by atoms with Crippen LogP contribution in [0.2, 0.25) is 0 Å². The molecule has 7 nitrogen and oxygen atoms in total. The highest BCUT2D eigenvalue weighted by Gasteiger charge is 2.13. The van der Waals surface area contributed by atoms with Crippen molar-refractivity contribution in [2.45, 2.75) is 39.5 Å². The smallest absolute Gasteiger partial charge is 0.238 e. The first-order chi connectivity index (χ1) is 13.1. The Hall–Kier alpha value is -2.96. The van der Waals surface area contributed by atoms with Crippen molar-refractivity contribution in [1.29, 1.82) is 0 Å². The number of fused-ring (bicyclic) bond motifs is 2. The maximum Gasteiger partial charge on any atom is 0.238 e. The van der Waals surface area contributed by atoms with Crippen LogP contribution in [0.4, 0.5) is 5.95 Å². The van der Waals surface area contributed by atoms with Gasteiger partial charge in [0.05, 0.1) is 11.7 Å². The van der Waals surface area contributed by atoms with Gasteiger partial charge >= 0.3 is 0 Å². The van der Waals surface area contributed by atoms with E-state index in [-0.39, 0.29) is 5.95 Å². The summed E-state index contributed by atoms with van der Waals surface area (Å²) in [6, 6.07) is 1.96. The van der Waals surface area contributed by atoms with Crippen LogP contribution in [0.5, 0.6) is 0 Å². The molecule has 0 aromatic carbocycles. The van der Waals surface area contributed by atoms with Crippen LogP contribution >= 0.6 is 0 Å². The van der Waals surface area contributed by atoms with Crippen LogP contribution in [0.25, 0.3) is 22.4 Å². The summed E-state index contributed by atoms with van der Waals surface area (Å²) in [6.07, 6.45) is 16.8. The van der Waals surface area contributed by atoms with Gasteiger partial charge in [-0.15, -0.1) is 5.10 Å². The number of anilines is 1. The molecule has 2 N–H and O–H groups in total. The molecule has 0 amide bonds. The molecule has 0 aliphatic heterocycles. The lowest BCUT2D eigenvalue weighted by Crippen LogP contribution is -2.08. The molecule has 7 heteroatoms. The monoisotopic (exact) mass is 363 g/mol. The van der Waals surface area contributed by atoms with Gasteiger partial charge in [-0.2, -0.15) is 0 Å². The Labute approximate surface area is 158 Å². The van der Waals surface area contributed by atoms with Crippen molar-refractivity contribution in [3.63, 3.8) is 0 Å². The van der Waals surface area contributed by atoms with Gasteiger partial charge in [0.15, 0.2) is 0 Å². The molecular formula is C20H25N7. The van der Waals surface area contributed by atoms with Crippen molar-refractivity contribution in [3.05, 3.63) is 43.2 Å². The summed E-state index contributed by atoms with van der Waals surface area (Å²) in [7, 11) is 0. The van der Waals surface area contributed by atoms with Crippen LogP contribution in [0.15, 0.2) is 43.2 Å². The van der Waals surface area contributed by atoms with E-state index in [1.165, 1.54) is 25.7 Å². The van der Waals surface area contributed by atoms with Crippen LogP contribution in [-0.2, 0) is 0 Å². The first-order valence-corrected chi connectivity index (χ1v) is 9.49. The van der Waals surface area contributed by atoms with Gasteiger partial charge in [0.1, 0.15) is 0 Å². The highest BCUT2D eigenvalue weighted by molar-refractivity contribution is 5.79. The molecule has 1 aliphatic carbocycles. The Bertz CT molecular complexity index is 1030. The van der Waals surface area contributed by atoms with Crippen molar-refractivity contribution >= 4 is 17.2 Å².